The minimum atomic E-state index is -0.534. The molecule has 2 N–H and O–H groups in total. The molecule has 2 aromatic carbocycles. The van der Waals surface area contributed by atoms with Crippen LogP contribution in [0.2, 0.25) is 0 Å². The number of esters is 1. The molecule has 0 amide bonds. The molecule has 0 heterocycles. The summed E-state index contributed by atoms with van der Waals surface area (Å²) in [4.78, 5) is 12.2. The molecule has 104 valence electrons. The van der Waals surface area contributed by atoms with Crippen LogP contribution in [0.1, 0.15) is 31.1 Å². The second-order valence-electron chi connectivity index (χ2n) is 5.40. The number of rotatable bonds is 2. The van der Waals surface area contributed by atoms with E-state index in [0.717, 1.165) is 10.8 Å². The zero-order valence-electron chi connectivity index (χ0n) is 11.8. The Balaban J connectivity index is 2.56. The van der Waals surface area contributed by atoms with Crippen LogP contribution in [0.3, 0.4) is 0 Å². The van der Waals surface area contributed by atoms with E-state index in [1.54, 1.807) is 24.3 Å². The van der Waals surface area contributed by atoms with Crippen molar-refractivity contribution in [3.05, 3.63) is 42.0 Å². The Kier molecular flexibility index (Phi) is 3.70. The van der Waals surface area contributed by atoms with E-state index in [4.69, 9.17) is 10.6 Å². The first-order valence-corrected chi connectivity index (χ1v) is 6.28. The molecular weight excluding hydrogens is 254 g/mol. The molecule has 5 heteroatoms. The molecule has 0 atom stereocenters. The van der Waals surface area contributed by atoms with Gasteiger partial charge in [0.2, 0.25) is 0 Å². The van der Waals surface area contributed by atoms with Gasteiger partial charge in [0.1, 0.15) is 5.60 Å². The van der Waals surface area contributed by atoms with Crippen molar-refractivity contribution < 1.29 is 9.53 Å². The van der Waals surface area contributed by atoms with Crippen molar-refractivity contribution >= 4 is 22.4 Å². The molecule has 0 aliphatic rings. The average molecular weight is 271 g/mol. The Morgan fingerprint density at radius 1 is 1.10 bits per heavy atom. The van der Waals surface area contributed by atoms with E-state index < -0.39 is 5.60 Å². The fraction of sp³-hybridized carbons (Fsp3) is 0.267. The highest BCUT2D eigenvalue weighted by molar-refractivity contribution is 6.07. The first kappa shape index (κ1) is 14.0. The lowest BCUT2D eigenvalue weighted by Gasteiger charge is -2.20. The smallest absolute Gasteiger partial charge is 0.339 e. The Bertz CT molecular complexity index is 672. The fourth-order valence-corrected chi connectivity index (χ4v) is 1.95. The number of nitrogens with zero attached hydrogens (tertiary/aromatic N) is 2. The third-order valence-corrected chi connectivity index (χ3v) is 2.68. The van der Waals surface area contributed by atoms with E-state index in [2.05, 4.69) is 10.3 Å². The van der Waals surface area contributed by atoms with Crippen molar-refractivity contribution in [2.75, 3.05) is 0 Å². The molecule has 5 nitrogen and oxygen atoms in total. The summed E-state index contributed by atoms with van der Waals surface area (Å²) in [7, 11) is 0. The van der Waals surface area contributed by atoms with Gasteiger partial charge in [0, 0.05) is 5.39 Å². The van der Waals surface area contributed by atoms with E-state index in [1.807, 2.05) is 32.9 Å². The lowest BCUT2D eigenvalue weighted by molar-refractivity contribution is 0.00719. The molecule has 0 aromatic heterocycles. The van der Waals surface area contributed by atoms with Crippen molar-refractivity contribution in [1.82, 2.24) is 0 Å². The van der Waals surface area contributed by atoms with Crippen molar-refractivity contribution in [3.63, 3.8) is 0 Å². The van der Waals surface area contributed by atoms with Gasteiger partial charge in [-0.05, 0) is 38.3 Å². The van der Waals surface area contributed by atoms with Gasteiger partial charge in [-0.25, -0.2) is 4.79 Å². The molecule has 0 spiro atoms. The van der Waals surface area contributed by atoms with Gasteiger partial charge in [0.15, 0.2) is 0 Å². The Labute approximate surface area is 117 Å². The van der Waals surface area contributed by atoms with Crippen molar-refractivity contribution in [2.24, 2.45) is 16.2 Å². The molecule has 0 unspecified atom stereocenters. The topological polar surface area (TPSA) is 77.0 Å². The van der Waals surface area contributed by atoms with Crippen LogP contribution in [0.4, 0.5) is 5.69 Å². The van der Waals surface area contributed by atoms with Crippen molar-refractivity contribution in [2.45, 2.75) is 26.4 Å². The van der Waals surface area contributed by atoms with Gasteiger partial charge in [-0.3, -0.25) is 0 Å². The number of hydrogen-bond donors (Lipinski definition) is 1. The Morgan fingerprint density at radius 3 is 2.40 bits per heavy atom. The highest BCUT2D eigenvalue weighted by atomic mass is 16.6. The Hall–Kier alpha value is -2.43. The molecular formula is C15H17N3O2. The molecule has 0 aliphatic heterocycles. The van der Waals surface area contributed by atoms with E-state index in [1.165, 1.54) is 0 Å². The molecule has 2 aromatic rings. The summed E-state index contributed by atoms with van der Waals surface area (Å²) < 4.78 is 5.41. The predicted octanol–water partition coefficient (Wildman–Crippen LogP) is 3.75. The quantitative estimate of drug-likeness (QED) is 0.391. The van der Waals surface area contributed by atoms with Gasteiger partial charge in [0.05, 0.1) is 11.3 Å². The minimum absolute atomic E-state index is 0.357. The summed E-state index contributed by atoms with van der Waals surface area (Å²) in [5.74, 6) is 4.74. The van der Waals surface area contributed by atoms with E-state index in [-0.39, 0.29) is 5.97 Å². The molecule has 0 saturated heterocycles. The number of hydrogen-bond acceptors (Lipinski definition) is 4. The highest BCUT2D eigenvalue weighted by Crippen LogP contribution is 2.29. The van der Waals surface area contributed by atoms with Crippen LogP contribution in [0.15, 0.2) is 46.7 Å². The second kappa shape index (κ2) is 5.28. The average Bonchev–Trinajstić information content (AvgIpc) is 2.37. The van der Waals surface area contributed by atoms with Crippen LogP contribution >= 0.6 is 0 Å². The minimum Gasteiger partial charge on any atom is -0.456 e. The number of benzene rings is 2. The normalized spacial score (nSPS) is 11.9. The second-order valence-corrected chi connectivity index (χ2v) is 5.40. The predicted molar refractivity (Wildman–Crippen MR) is 77.8 cm³/mol. The summed E-state index contributed by atoms with van der Waals surface area (Å²) in [5.41, 5.74) is 0.593. The maximum absolute atomic E-state index is 12.2. The number of carbonyl (C=O) groups is 1. The molecule has 0 bridgehead atoms. The number of nitrogens with two attached hydrogens (primary N) is 1. The summed E-state index contributed by atoms with van der Waals surface area (Å²) >= 11 is 0. The summed E-state index contributed by atoms with van der Waals surface area (Å²) in [5, 5.41) is 8.74. The molecule has 2 rings (SSSR count). The highest BCUT2D eigenvalue weighted by Gasteiger charge is 2.19. The zero-order valence-corrected chi connectivity index (χ0v) is 11.8. The molecule has 0 saturated carbocycles. The molecule has 20 heavy (non-hydrogen) atoms. The third-order valence-electron chi connectivity index (χ3n) is 2.68. The van der Waals surface area contributed by atoms with Crippen LogP contribution in [-0.4, -0.2) is 11.6 Å². The van der Waals surface area contributed by atoms with Crippen LogP contribution in [-0.2, 0) is 4.74 Å². The molecule has 0 aliphatic carbocycles. The number of fused-ring (bicyclic) bond motifs is 1. The summed E-state index contributed by atoms with van der Waals surface area (Å²) in [6.07, 6.45) is 0. The molecule has 0 fully saturated rings. The zero-order chi connectivity index (χ0) is 14.8. The van der Waals surface area contributed by atoms with Gasteiger partial charge in [-0.15, -0.1) is 5.11 Å². The van der Waals surface area contributed by atoms with Crippen LogP contribution in [0, 0.1) is 0 Å². The monoisotopic (exact) mass is 271 g/mol. The van der Waals surface area contributed by atoms with Crippen molar-refractivity contribution in [1.29, 1.82) is 0 Å². The first-order chi connectivity index (χ1) is 9.42. The van der Waals surface area contributed by atoms with E-state index in [0.29, 0.717) is 11.3 Å². The maximum Gasteiger partial charge on any atom is 0.339 e. The van der Waals surface area contributed by atoms with Gasteiger partial charge >= 0.3 is 5.97 Å². The number of ether oxygens (including phenoxy) is 1. The first-order valence-electron chi connectivity index (χ1n) is 6.28. The molecule has 0 radical (unpaired) electrons. The summed E-state index contributed by atoms with van der Waals surface area (Å²) in [6.45, 7) is 5.51. The SMILES string of the molecule is CC(C)(C)OC(=O)c1cccc2c(N=NN)cccc12. The largest absolute Gasteiger partial charge is 0.456 e. The lowest BCUT2D eigenvalue weighted by atomic mass is 10.0. The van der Waals surface area contributed by atoms with Gasteiger partial charge < -0.3 is 10.6 Å². The van der Waals surface area contributed by atoms with E-state index in [9.17, 15) is 4.79 Å². The summed E-state index contributed by atoms with van der Waals surface area (Å²) in [6, 6.07) is 10.8. The lowest BCUT2D eigenvalue weighted by Crippen LogP contribution is -2.24. The van der Waals surface area contributed by atoms with E-state index >= 15 is 0 Å². The van der Waals surface area contributed by atoms with Crippen LogP contribution in [0.5, 0.6) is 0 Å². The van der Waals surface area contributed by atoms with Gasteiger partial charge in [-0.2, -0.15) is 0 Å². The standard InChI is InChI=1S/C15H17N3O2/c1-15(2,3)20-14(19)12-8-4-7-11-10(12)6-5-9-13(11)17-18-16/h4-9H,1-3H3,(H2,16,17). The third kappa shape index (κ3) is 2.93. The van der Waals surface area contributed by atoms with Crippen LogP contribution < -0.4 is 5.84 Å². The number of carbonyl (C=O) groups excluding carboxylic acids is 1. The van der Waals surface area contributed by atoms with Gasteiger partial charge in [-0.1, -0.05) is 29.5 Å². The van der Waals surface area contributed by atoms with Crippen molar-refractivity contribution in [3.8, 4) is 0 Å². The van der Waals surface area contributed by atoms with Gasteiger partial charge in [0.25, 0.3) is 0 Å². The Morgan fingerprint density at radius 2 is 1.75 bits per heavy atom. The van der Waals surface area contributed by atoms with Crippen LogP contribution in [0.25, 0.3) is 10.8 Å². The fourth-order valence-electron chi connectivity index (χ4n) is 1.95. The maximum atomic E-state index is 12.2.